The number of ether oxygens (including phenoxy) is 1. The first-order valence-electron chi connectivity index (χ1n) is 16.0. The lowest BCUT2D eigenvalue weighted by Crippen LogP contribution is -2.48. The number of carbonyl (C=O) groups is 3. The van der Waals surface area contributed by atoms with Crippen LogP contribution < -0.4 is 25.6 Å². The molecule has 2 saturated heterocycles. The molecule has 6 rings (SSSR count). The second kappa shape index (κ2) is 14.8. The van der Waals surface area contributed by atoms with Gasteiger partial charge in [0.1, 0.15) is 17.9 Å². The third-order valence-corrected chi connectivity index (χ3v) is 9.25. The number of nitrogens with zero attached hydrogens (tertiary/aromatic N) is 5. The summed E-state index contributed by atoms with van der Waals surface area (Å²) in [6.45, 7) is 3.90. The summed E-state index contributed by atoms with van der Waals surface area (Å²) in [7, 11) is 0. The molecule has 0 radical (unpaired) electrons. The molecule has 3 heterocycles. The van der Waals surface area contributed by atoms with Gasteiger partial charge in [-0.2, -0.15) is 5.26 Å². The van der Waals surface area contributed by atoms with E-state index in [2.05, 4.69) is 42.0 Å². The molecule has 3 N–H and O–H groups in total. The molecule has 3 aliphatic rings. The van der Waals surface area contributed by atoms with E-state index in [-0.39, 0.29) is 35.6 Å². The summed E-state index contributed by atoms with van der Waals surface area (Å²) >= 11 is 6.13. The molecule has 2 aromatic carbocycles. The Bertz CT molecular complexity index is 1650. The first-order chi connectivity index (χ1) is 22.8. The Balaban J connectivity index is 0.943. The van der Waals surface area contributed by atoms with Crippen LogP contribution in [0.1, 0.15) is 60.1 Å². The quantitative estimate of drug-likeness (QED) is 0.291. The number of piperazine rings is 1. The maximum absolute atomic E-state index is 12.9. The van der Waals surface area contributed by atoms with Crippen LogP contribution in [0, 0.1) is 11.3 Å². The summed E-state index contributed by atoms with van der Waals surface area (Å²) in [5.74, 6) is 0.637. The second-order valence-corrected chi connectivity index (χ2v) is 12.6. The molecular formula is C34H37ClN8O4. The standard InChI is InChI=1S/C34H37ClN8O4/c35-27-19-26(8-5-22(27)20-36)47-25-9-6-24(7-10-25)37-34(46)30-11-13-31(41-40-30)43-17-15-42(16-18-43)21-23-3-1-2-4-28(23)38-29-12-14-32(44)39-33(29)45/h1-5,8,11,13,19,24-25,29,38H,6-7,9-10,12,14-18,21H2,(H,37,46)(H,39,44,45). The van der Waals surface area contributed by atoms with Crippen molar-refractivity contribution in [3.8, 4) is 11.8 Å². The highest BCUT2D eigenvalue weighted by molar-refractivity contribution is 6.31. The zero-order chi connectivity index (χ0) is 32.8. The number of rotatable bonds is 9. The minimum absolute atomic E-state index is 0.0240. The summed E-state index contributed by atoms with van der Waals surface area (Å²) in [6.07, 6.45) is 3.99. The van der Waals surface area contributed by atoms with Gasteiger partial charge in [0.15, 0.2) is 11.5 Å². The number of hydrogen-bond acceptors (Lipinski definition) is 10. The van der Waals surface area contributed by atoms with Crippen LogP contribution in [0.15, 0.2) is 54.6 Å². The Morgan fingerprint density at radius 2 is 1.79 bits per heavy atom. The zero-order valence-corrected chi connectivity index (χ0v) is 26.7. The SMILES string of the molecule is N#Cc1ccc(OC2CCC(NC(=O)c3ccc(N4CCN(Cc5ccccc5NC5CCC(=O)NC5=O)CC4)nn3)CC2)cc1Cl. The van der Waals surface area contributed by atoms with Gasteiger partial charge in [-0.15, -0.1) is 10.2 Å². The van der Waals surface area contributed by atoms with E-state index in [1.54, 1.807) is 24.3 Å². The summed E-state index contributed by atoms with van der Waals surface area (Å²) in [4.78, 5) is 41.2. The fourth-order valence-electron chi connectivity index (χ4n) is 6.25. The lowest BCUT2D eigenvalue weighted by molar-refractivity contribution is -0.133. The molecule has 244 valence electrons. The molecule has 0 bridgehead atoms. The number of benzene rings is 2. The van der Waals surface area contributed by atoms with Gasteiger partial charge in [0.05, 0.1) is 16.7 Å². The van der Waals surface area contributed by atoms with E-state index < -0.39 is 6.04 Å². The van der Waals surface area contributed by atoms with Crippen LogP contribution in [-0.4, -0.2) is 77.2 Å². The van der Waals surface area contributed by atoms with Gasteiger partial charge in [0, 0.05) is 56.9 Å². The van der Waals surface area contributed by atoms with Gasteiger partial charge in [0.2, 0.25) is 11.8 Å². The monoisotopic (exact) mass is 656 g/mol. The van der Waals surface area contributed by atoms with Crippen LogP contribution in [0.25, 0.3) is 0 Å². The Morgan fingerprint density at radius 3 is 2.49 bits per heavy atom. The van der Waals surface area contributed by atoms with Crippen molar-refractivity contribution in [2.24, 2.45) is 0 Å². The molecule has 1 aromatic heterocycles. The molecule has 12 nitrogen and oxygen atoms in total. The molecule has 0 spiro atoms. The van der Waals surface area contributed by atoms with E-state index in [1.165, 1.54) is 0 Å². The van der Waals surface area contributed by atoms with Gasteiger partial charge in [-0.05, 0) is 68.0 Å². The Hall–Kier alpha value is -4.73. The third-order valence-electron chi connectivity index (χ3n) is 8.93. The topological polar surface area (TPSA) is 153 Å². The molecule has 2 aliphatic heterocycles. The van der Waals surface area contributed by atoms with Crippen molar-refractivity contribution in [2.45, 2.75) is 63.3 Å². The maximum Gasteiger partial charge on any atom is 0.272 e. The highest BCUT2D eigenvalue weighted by Crippen LogP contribution is 2.28. The Kier molecular flexibility index (Phi) is 10.1. The average Bonchev–Trinajstić information content (AvgIpc) is 3.08. The van der Waals surface area contributed by atoms with Crippen LogP contribution in [0.5, 0.6) is 5.75 Å². The van der Waals surface area contributed by atoms with Crippen molar-refractivity contribution in [3.05, 3.63) is 76.4 Å². The lowest BCUT2D eigenvalue weighted by Gasteiger charge is -2.35. The summed E-state index contributed by atoms with van der Waals surface area (Å²) < 4.78 is 6.06. The van der Waals surface area contributed by atoms with Crippen LogP contribution >= 0.6 is 11.6 Å². The number of anilines is 2. The van der Waals surface area contributed by atoms with Crippen molar-refractivity contribution in [1.82, 2.24) is 25.7 Å². The van der Waals surface area contributed by atoms with Gasteiger partial charge in [0.25, 0.3) is 5.91 Å². The number of halogens is 1. The molecule has 1 atom stereocenters. The number of nitriles is 1. The smallest absolute Gasteiger partial charge is 0.272 e. The minimum atomic E-state index is -0.425. The molecule has 47 heavy (non-hydrogen) atoms. The number of amides is 3. The molecule has 1 saturated carbocycles. The maximum atomic E-state index is 12.9. The summed E-state index contributed by atoms with van der Waals surface area (Å²) in [6, 6.07) is 18.3. The summed E-state index contributed by atoms with van der Waals surface area (Å²) in [5, 5.41) is 26.9. The van der Waals surface area contributed by atoms with Crippen LogP contribution in [0.2, 0.25) is 5.02 Å². The van der Waals surface area contributed by atoms with Gasteiger partial charge in [-0.3, -0.25) is 24.6 Å². The highest BCUT2D eigenvalue weighted by Gasteiger charge is 2.28. The van der Waals surface area contributed by atoms with Gasteiger partial charge >= 0.3 is 0 Å². The fraction of sp³-hybridized carbons (Fsp3) is 0.412. The van der Waals surface area contributed by atoms with Crippen molar-refractivity contribution in [1.29, 1.82) is 5.26 Å². The Morgan fingerprint density at radius 1 is 1.00 bits per heavy atom. The van der Waals surface area contributed by atoms with Crippen molar-refractivity contribution >= 4 is 40.8 Å². The number of para-hydroxylation sites is 1. The van der Waals surface area contributed by atoms with E-state index in [4.69, 9.17) is 21.6 Å². The first kappa shape index (κ1) is 32.2. The van der Waals surface area contributed by atoms with E-state index in [9.17, 15) is 14.4 Å². The van der Waals surface area contributed by atoms with Crippen molar-refractivity contribution in [2.75, 3.05) is 36.4 Å². The zero-order valence-electron chi connectivity index (χ0n) is 26.0. The molecular weight excluding hydrogens is 620 g/mol. The van der Waals surface area contributed by atoms with E-state index in [0.717, 1.165) is 75.5 Å². The summed E-state index contributed by atoms with van der Waals surface area (Å²) in [5.41, 5.74) is 2.70. The average molecular weight is 657 g/mol. The number of hydrogen-bond donors (Lipinski definition) is 3. The van der Waals surface area contributed by atoms with Gasteiger partial charge < -0.3 is 20.3 Å². The van der Waals surface area contributed by atoms with Crippen molar-refractivity contribution < 1.29 is 19.1 Å². The third kappa shape index (κ3) is 8.17. The number of piperidine rings is 1. The molecule has 1 aliphatic carbocycles. The predicted molar refractivity (Wildman–Crippen MR) is 176 cm³/mol. The van der Waals surface area contributed by atoms with Crippen LogP contribution in [0.3, 0.4) is 0 Å². The molecule has 3 amide bonds. The van der Waals surface area contributed by atoms with E-state index in [1.807, 2.05) is 30.3 Å². The van der Waals surface area contributed by atoms with Gasteiger partial charge in [-0.1, -0.05) is 29.8 Å². The molecule has 3 fully saturated rings. The number of imide groups is 1. The molecule has 13 heteroatoms. The fourth-order valence-corrected chi connectivity index (χ4v) is 6.46. The molecule has 3 aromatic rings. The highest BCUT2D eigenvalue weighted by atomic mass is 35.5. The number of aromatic nitrogens is 2. The Labute approximate surface area is 278 Å². The van der Waals surface area contributed by atoms with E-state index >= 15 is 0 Å². The molecule has 1 unspecified atom stereocenters. The van der Waals surface area contributed by atoms with E-state index in [0.29, 0.717) is 29.2 Å². The van der Waals surface area contributed by atoms with Gasteiger partial charge in [-0.25, -0.2) is 0 Å². The van der Waals surface area contributed by atoms with Crippen LogP contribution in [-0.2, 0) is 16.1 Å². The minimum Gasteiger partial charge on any atom is -0.490 e. The second-order valence-electron chi connectivity index (χ2n) is 12.2. The predicted octanol–water partition coefficient (Wildman–Crippen LogP) is 3.66. The number of nitrogens with one attached hydrogen (secondary N) is 3. The van der Waals surface area contributed by atoms with Crippen LogP contribution in [0.4, 0.5) is 11.5 Å². The van der Waals surface area contributed by atoms with Crippen molar-refractivity contribution in [3.63, 3.8) is 0 Å². The number of carbonyl (C=O) groups excluding carboxylic acids is 3. The first-order valence-corrected chi connectivity index (χ1v) is 16.4. The normalized spacial score (nSPS) is 21.8. The lowest BCUT2D eigenvalue weighted by atomic mass is 9.93. The largest absolute Gasteiger partial charge is 0.490 e.